The lowest BCUT2D eigenvalue weighted by atomic mass is 9.72. The molecule has 10 rings (SSSR count). The van der Waals surface area contributed by atoms with Gasteiger partial charge in [-0.1, -0.05) is 48.5 Å². The molecule has 2 aliphatic heterocycles. The minimum atomic E-state index is -5.82. The summed E-state index contributed by atoms with van der Waals surface area (Å²) < 4.78 is 358. The largest absolute Gasteiger partial charge is 0.416 e. The predicted octanol–water partition coefficient (Wildman–Crippen LogP) is 19.0. The molecule has 0 bridgehead atoms. The van der Waals surface area contributed by atoms with Gasteiger partial charge >= 0.3 is 49.4 Å². The number of nitrogens with zero attached hydrogens (tertiary/aromatic N) is 1. The highest BCUT2D eigenvalue weighted by Gasteiger charge is 2.52. The van der Waals surface area contributed by atoms with Crippen molar-refractivity contribution in [2.75, 3.05) is 24.6 Å². The molecule has 88 heavy (non-hydrogen) atoms. The molecule has 0 aliphatic carbocycles. The third-order valence-corrected chi connectivity index (χ3v) is 16.7. The summed E-state index contributed by atoms with van der Waals surface area (Å²) in [6.45, 7) is -2.05. The lowest BCUT2D eigenvalue weighted by molar-refractivity contribution is -0.950. The lowest BCUT2D eigenvalue weighted by Gasteiger charge is -2.43. The van der Waals surface area contributed by atoms with Crippen LogP contribution < -0.4 is 0 Å². The number of benzene rings is 8. The molecule has 8 aromatic carbocycles. The number of quaternary nitrogens is 1. The van der Waals surface area contributed by atoms with Crippen molar-refractivity contribution in [2.24, 2.45) is 0 Å². The Kier molecular flexibility index (Phi) is 15.2. The second-order valence-electron chi connectivity index (χ2n) is 21.3. The highest BCUT2D eigenvalue weighted by Crippen LogP contribution is 2.56. The quantitative estimate of drug-likeness (QED) is 0.0990. The summed E-state index contributed by atoms with van der Waals surface area (Å²) in [5.74, 6) is 0.0304. The molecule has 8 aromatic rings. The Morgan fingerprint density at radius 3 is 0.739 bits per heavy atom. The van der Waals surface area contributed by atoms with Gasteiger partial charge in [-0.05, 0) is 140 Å². The third kappa shape index (κ3) is 11.6. The lowest BCUT2D eigenvalue weighted by Crippen LogP contribution is -2.52. The van der Waals surface area contributed by atoms with Gasteiger partial charge in [-0.15, -0.1) is 0 Å². The van der Waals surface area contributed by atoms with Crippen LogP contribution in [0.1, 0.15) is 89.0 Å². The van der Waals surface area contributed by atoms with Crippen molar-refractivity contribution < 1.29 is 120 Å². The second-order valence-corrected chi connectivity index (χ2v) is 22.5. The zero-order valence-electron chi connectivity index (χ0n) is 43.8. The summed E-state index contributed by atoms with van der Waals surface area (Å²) in [4.78, 5) is 0. The fourth-order valence-electron chi connectivity index (χ4n) is 11.7. The van der Waals surface area contributed by atoms with E-state index in [9.17, 15) is 116 Å². The maximum Gasteiger partial charge on any atom is 0.416 e. The van der Waals surface area contributed by atoms with E-state index in [2.05, 4.69) is 0 Å². The van der Waals surface area contributed by atoms with E-state index in [1.54, 1.807) is 0 Å². The fraction of sp³-hybridized carbons (Fsp3) is 0.267. The van der Waals surface area contributed by atoms with E-state index in [0.29, 0.717) is 0 Å². The van der Waals surface area contributed by atoms with E-state index in [0.717, 1.165) is 24.3 Å². The standard InChI is InChI=1S/C60H36F24NO2S/c61-53(62,63)35-15-31(16-36(23-35)54(64,65)66)51(86,32-17-37(55(67,68)69)24-38(18-32)56(70,71)72)47-13-29-5-1-3-7-43(29)49-45(47)27-85(9-11-88-12-10-85)28-46-48(14-30-6-2-4-8-44(30)50(46)49)52(87,33-19-39(57(73,74)75)25-40(20-33)58(76,77)78)34-21-41(59(79,80)81)26-42(22-34)60(82,83)84/h1-8,13-26,86-87H,9-12,27-28H2/q+1. The van der Waals surface area contributed by atoms with E-state index < -0.39 is 203 Å². The van der Waals surface area contributed by atoms with Gasteiger partial charge in [-0.3, -0.25) is 0 Å². The van der Waals surface area contributed by atoms with Crippen molar-refractivity contribution >= 4 is 33.3 Å². The van der Waals surface area contributed by atoms with Gasteiger partial charge in [0.05, 0.1) is 57.6 Å². The van der Waals surface area contributed by atoms with E-state index in [4.69, 9.17) is 0 Å². The van der Waals surface area contributed by atoms with Crippen LogP contribution >= 0.6 is 11.8 Å². The van der Waals surface area contributed by atoms with Crippen LogP contribution in [0.3, 0.4) is 0 Å². The smallest absolute Gasteiger partial charge is 0.376 e. The van der Waals surface area contributed by atoms with Gasteiger partial charge in [0.1, 0.15) is 24.3 Å². The maximum atomic E-state index is 15.0. The SMILES string of the molecule is OC(c1cc(C(F)(F)F)cc(C(F)(F)F)c1)(c1cc(C(F)(F)F)cc(C(F)(F)F)c1)c1cc2ccccc2c2c1C[N+]1(CCSCC1)Cc1c(C(O)(c3cc(C(F)(F)F)cc(C(F)(F)F)c3)c3cc(C(F)(F)F)cc(C(F)(F)F)c3)cc3ccccc3c1-2. The Balaban J connectivity index is 1.48. The molecule has 1 saturated heterocycles. The van der Waals surface area contributed by atoms with Crippen molar-refractivity contribution in [3.63, 3.8) is 0 Å². The number of alkyl halides is 24. The molecular formula is C60H36F24NO2S+. The average molecular weight is 1290 g/mol. The van der Waals surface area contributed by atoms with Crippen LogP contribution in [0, 0.1) is 0 Å². The first-order valence-corrected chi connectivity index (χ1v) is 26.7. The van der Waals surface area contributed by atoms with Crippen molar-refractivity contribution in [3.05, 3.63) is 222 Å². The zero-order valence-corrected chi connectivity index (χ0v) is 44.6. The molecule has 0 atom stereocenters. The Morgan fingerprint density at radius 1 is 0.295 bits per heavy atom. The maximum absolute atomic E-state index is 15.0. The summed E-state index contributed by atoms with van der Waals surface area (Å²) in [5, 5.41) is 26.7. The predicted molar refractivity (Wildman–Crippen MR) is 272 cm³/mol. The number of halogens is 24. The molecule has 0 unspecified atom stereocenters. The highest BCUT2D eigenvalue weighted by atomic mass is 32.2. The minimum absolute atomic E-state index is 0.0152. The van der Waals surface area contributed by atoms with Crippen LogP contribution in [0.15, 0.2) is 133 Å². The second kappa shape index (κ2) is 21.0. The van der Waals surface area contributed by atoms with Crippen molar-refractivity contribution in [2.45, 2.75) is 73.7 Å². The molecule has 0 saturated carbocycles. The topological polar surface area (TPSA) is 40.5 Å². The van der Waals surface area contributed by atoms with Gasteiger partial charge < -0.3 is 14.7 Å². The third-order valence-electron chi connectivity index (χ3n) is 15.8. The van der Waals surface area contributed by atoms with Gasteiger partial charge in [-0.2, -0.15) is 117 Å². The van der Waals surface area contributed by atoms with Crippen molar-refractivity contribution in [1.82, 2.24) is 0 Å². The van der Waals surface area contributed by atoms with Crippen LogP contribution in [0.25, 0.3) is 32.7 Å². The van der Waals surface area contributed by atoms with Crippen LogP contribution in [-0.4, -0.2) is 39.3 Å². The van der Waals surface area contributed by atoms with Gasteiger partial charge in [0.2, 0.25) is 0 Å². The Morgan fingerprint density at radius 2 is 0.511 bits per heavy atom. The van der Waals surface area contributed by atoms with E-state index >= 15 is 0 Å². The molecule has 0 aromatic heterocycles. The van der Waals surface area contributed by atoms with E-state index in [1.807, 2.05) is 0 Å². The Labute approximate surface area is 484 Å². The molecule has 2 N–H and O–H groups in total. The summed E-state index contributed by atoms with van der Waals surface area (Å²) in [6.07, 6.45) is -46.6. The van der Waals surface area contributed by atoms with Gasteiger partial charge in [0, 0.05) is 33.8 Å². The van der Waals surface area contributed by atoms with Crippen molar-refractivity contribution in [3.8, 4) is 11.1 Å². The molecule has 2 aliphatic rings. The number of aliphatic hydroxyl groups is 2. The first-order chi connectivity index (χ1) is 40.3. The first kappa shape index (κ1) is 63.8. The van der Waals surface area contributed by atoms with Gasteiger partial charge in [0.15, 0.2) is 0 Å². The molecular weight excluding hydrogens is 1250 g/mol. The van der Waals surface area contributed by atoms with E-state index in [1.165, 1.54) is 48.2 Å². The monoisotopic (exact) mass is 1290 g/mol. The van der Waals surface area contributed by atoms with E-state index in [-0.39, 0.29) is 94.7 Å². The zero-order chi connectivity index (χ0) is 64.7. The fourth-order valence-corrected chi connectivity index (χ4v) is 12.9. The summed E-state index contributed by atoms with van der Waals surface area (Å²) >= 11 is 1.21. The number of hydrogen-bond donors (Lipinski definition) is 2. The highest BCUT2D eigenvalue weighted by molar-refractivity contribution is 7.99. The van der Waals surface area contributed by atoms with Gasteiger partial charge in [0.25, 0.3) is 0 Å². The first-order valence-electron chi connectivity index (χ1n) is 25.5. The average Bonchev–Trinajstić information content (AvgIpc) is 1.22. The molecule has 466 valence electrons. The molecule has 28 heteroatoms. The molecule has 0 radical (unpaired) electrons. The Hall–Kier alpha value is -7.17. The number of hydrogen-bond acceptors (Lipinski definition) is 3. The van der Waals surface area contributed by atoms with Gasteiger partial charge in [-0.25, -0.2) is 0 Å². The molecule has 0 amide bonds. The van der Waals surface area contributed by atoms with Crippen LogP contribution in [0.4, 0.5) is 105 Å². The molecule has 1 fully saturated rings. The normalized spacial score (nSPS) is 15.8. The molecule has 3 nitrogen and oxygen atoms in total. The van der Waals surface area contributed by atoms with Crippen LogP contribution in [0.5, 0.6) is 0 Å². The van der Waals surface area contributed by atoms with Crippen LogP contribution in [0.2, 0.25) is 0 Å². The Bertz CT molecular complexity index is 3530. The molecule has 2 heterocycles. The summed E-state index contributed by atoms with van der Waals surface area (Å²) in [5.41, 5.74) is -36.7. The molecule has 1 spiro atoms. The van der Waals surface area contributed by atoms with Crippen LogP contribution in [-0.2, 0) is 73.7 Å². The summed E-state index contributed by atoms with van der Waals surface area (Å²) in [7, 11) is 0. The minimum Gasteiger partial charge on any atom is -0.376 e. The number of thioether (sulfide) groups is 1. The summed E-state index contributed by atoms with van der Waals surface area (Å²) in [6, 6.07) is 8.41. The number of rotatable bonds is 6. The van der Waals surface area contributed by atoms with Crippen molar-refractivity contribution in [1.29, 1.82) is 0 Å². The number of fused-ring (bicyclic) bond motifs is 7.